The van der Waals surface area contributed by atoms with Crippen molar-refractivity contribution in [3.8, 4) is 0 Å². The lowest BCUT2D eigenvalue weighted by molar-refractivity contribution is 1.08. The van der Waals surface area contributed by atoms with Crippen molar-refractivity contribution in [3.63, 3.8) is 0 Å². The van der Waals surface area contributed by atoms with Gasteiger partial charge < -0.3 is 0 Å². The first-order valence-electron chi connectivity index (χ1n) is 6.88. The number of pyridine rings is 1. The minimum absolute atomic E-state index is 0.780. The zero-order valence-corrected chi connectivity index (χ0v) is 11.6. The van der Waals surface area contributed by atoms with Gasteiger partial charge in [-0.3, -0.25) is 9.98 Å². The summed E-state index contributed by atoms with van der Waals surface area (Å²) < 4.78 is 0. The average Bonchev–Trinajstić information content (AvgIpc) is 2.48. The van der Waals surface area contributed by atoms with Gasteiger partial charge in [-0.05, 0) is 36.1 Å². The van der Waals surface area contributed by atoms with Crippen LogP contribution in [-0.2, 0) is 19.3 Å². The van der Waals surface area contributed by atoms with Gasteiger partial charge in [-0.1, -0.05) is 38.1 Å². The van der Waals surface area contributed by atoms with Gasteiger partial charge in [0.1, 0.15) is 0 Å². The number of benzene rings is 1. The highest BCUT2D eigenvalue weighted by Crippen LogP contribution is 2.25. The van der Waals surface area contributed by atoms with Gasteiger partial charge in [0.25, 0.3) is 0 Å². The number of aliphatic imine (C=N–C) groups is 1. The van der Waals surface area contributed by atoms with Crippen molar-refractivity contribution in [3.05, 3.63) is 59.4 Å². The first-order valence-corrected chi connectivity index (χ1v) is 6.88. The van der Waals surface area contributed by atoms with Crippen LogP contribution in [0.15, 0.2) is 47.6 Å². The molecule has 0 aliphatic heterocycles. The number of hydrogen-bond donors (Lipinski definition) is 0. The van der Waals surface area contributed by atoms with Crippen molar-refractivity contribution < 1.29 is 0 Å². The molecule has 2 nitrogen and oxygen atoms in total. The van der Waals surface area contributed by atoms with Gasteiger partial charge in [-0.2, -0.15) is 0 Å². The number of para-hydroxylation sites is 1. The lowest BCUT2D eigenvalue weighted by atomic mass is 10.0. The second kappa shape index (κ2) is 6.83. The van der Waals surface area contributed by atoms with Gasteiger partial charge in [-0.15, -0.1) is 0 Å². The molecule has 0 N–H and O–H groups in total. The van der Waals surface area contributed by atoms with Crippen LogP contribution < -0.4 is 0 Å². The van der Waals surface area contributed by atoms with Crippen LogP contribution in [-0.4, -0.2) is 11.2 Å². The molecular formula is C17H20N2. The van der Waals surface area contributed by atoms with E-state index in [4.69, 9.17) is 0 Å². The van der Waals surface area contributed by atoms with E-state index >= 15 is 0 Å². The minimum atomic E-state index is 0.780. The zero-order chi connectivity index (χ0) is 13.5. The van der Waals surface area contributed by atoms with E-state index in [0.29, 0.717) is 0 Å². The number of aryl methyl sites for hydroxylation is 2. The van der Waals surface area contributed by atoms with Crippen molar-refractivity contribution in [2.75, 3.05) is 0 Å². The maximum atomic E-state index is 4.68. The van der Waals surface area contributed by atoms with Gasteiger partial charge in [-0.25, -0.2) is 0 Å². The van der Waals surface area contributed by atoms with Crippen LogP contribution in [0.5, 0.6) is 0 Å². The molecule has 0 radical (unpaired) electrons. The van der Waals surface area contributed by atoms with Crippen molar-refractivity contribution >= 4 is 11.9 Å². The Morgan fingerprint density at radius 3 is 2.32 bits per heavy atom. The van der Waals surface area contributed by atoms with Crippen LogP contribution in [0.4, 0.5) is 5.69 Å². The molecule has 2 aromatic rings. The summed E-state index contributed by atoms with van der Waals surface area (Å²) >= 11 is 0. The molecular weight excluding hydrogens is 232 g/mol. The summed E-state index contributed by atoms with van der Waals surface area (Å²) in [4.78, 5) is 8.98. The molecule has 0 aliphatic rings. The summed E-state index contributed by atoms with van der Waals surface area (Å²) in [6, 6.07) is 12.4. The third-order valence-electron chi connectivity index (χ3n) is 3.21. The van der Waals surface area contributed by atoms with E-state index in [-0.39, 0.29) is 0 Å². The maximum absolute atomic E-state index is 4.68. The normalized spacial score (nSPS) is 11.1. The van der Waals surface area contributed by atoms with Crippen LogP contribution in [0.3, 0.4) is 0 Å². The Labute approximate surface area is 115 Å². The van der Waals surface area contributed by atoms with Gasteiger partial charge in [0.05, 0.1) is 5.69 Å². The van der Waals surface area contributed by atoms with Gasteiger partial charge in [0, 0.05) is 24.5 Å². The SMILES string of the molecule is CCc1cccc(CC)c1N=CCc1ccccn1. The molecule has 0 aliphatic carbocycles. The van der Waals surface area contributed by atoms with Crippen molar-refractivity contribution in [2.45, 2.75) is 33.1 Å². The van der Waals surface area contributed by atoms with Crippen LogP contribution in [0.1, 0.15) is 30.7 Å². The van der Waals surface area contributed by atoms with Gasteiger partial charge in [0.15, 0.2) is 0 Å². The molecule has 19 heavy (non-hydrogen) atoms. The molecule has 2 rings (SSSR count). The molecule has 0 saturated carbocycles. The number of aromatic nitrogens is 1. The molecule has 98 valence electrons. The van der Waals surface area contributed by atoms with Crippen LogP contribution in [0.2, 0.25) is 0 Å². The maximum Gasteiger partial charge on any atom is 0.0689 e. The third-order valence-corrected chi connectivity index (χ3v) is 3.21. The highest BCUT2D eigenvalue weighted by Gasteiger charge is 2.03. The summed E-state index contributed by atoms with van der Waals surface area (Å²) in [5.74, 6) is 0. The fourth-order valence-electron chi connectivity index (χ4n) is 2.13. The van der Waals surface area contributed by atoms with Crippen molar-refractivity contribution in [2.24, 2.45) is 4.99 Å². The largest absolute Gasteiger partial charge is 0.261 e. The minimum Gasteiger partial charge on any atom is -0.261 e. The Morgan fingerprint density at radius 2 is 1.74 bits per heavy atom. The zero-order valence-electron chi connectivity index (χ0n) is 11.6. The topological polar surface area (TPSA) is 25.2 Å². The molecule has 1 aromatic heterocycles. The predicted molar refractivity (Wildman–Crippen MR) is 81.3 cm³/mol. The first kappa shape index (κ1) is 13.5. The number of nitrogens with zero attached hydrogens (tertiary/aromatic N) is 2. The fraction of sp³-hybridized carbons (Fsp3) is 0.294. The lowest BCUT2D eigenvalue weighted by Crippen LogP contribution is -1.92. The monoisotopic (exact) mass is 252 g/mol. The summed E-state index contributed by atoms with van der Waals surface area (Å²) in [7, 11) is 0. The number of hydrogen-bond acceptors (Lipinski definition) is 2. The van der Waals surface area contributed by atoms with E-state index < -0.39 is 0 Å². The predicted octanol–water partition coefficient (Wildman–Crippen LogP) is 4.15. The van der Waals surface area contributed by atoms with Crippen molar-refractivity contribution in [1.82, 2.24) is 4.98 Å². The molecule has 1 aromatic carbocycles. The molecule has 0 unspecified atom stereocenters. The summed E-state index contributed by atoms with van der Waals surface area (Å²) in [6.45, 7) is 4.35. The molecule has 0 spiro atoms. The molecule has 1 heterocycles. The van der Waals surface area contributed by atoms with Crippen LogP contribution in [0, 0.1) is 0 Å². The second-order valence-electron chi connectivity index (χ2n) is 4.47. The first-order chi connectivity index (χ1) is 9.35. The highest BCUT2D eigenvalue weighted by molar-refractivity contribution is 5.68. The number of rotatable bonds is 5. The summed E-state index contributed by atoms with van der Waals surface area (Å²) in [5.41, 5.74) is 4.83. The summed E-state index contributed by atoms with van der Waals surface area (Å²) in [5, 5.41) is 0. The third kappa shape index (κ3) is 3.50. The smallest absolute Gasteiger partial charge is 0.0689 e. The lowest BCUT2D eigenvalue weighted by Gasteiger charge is -2.08. The molecule has 0 bridgehead atoms. The van der Waals surface area contributed by atoms with Gasteiger partial charge >= 0.3 is 0 Å². The van der Waals surface area contributed by atoms with Crippen LogP contribution >= 0.6 is 0 Å². The Bertz CT molecular complexity index is 522. The van der Waals surface area contributed by atoms with E-state index in [0.717, 1.165) is 30.6 Å². The van der Waals surface area contributed by atoms with Crippen LogP contribution in [0.25, 0.3) is 0 Å². The van der Waals surface area contributed by atoms with E-state index in [9.17, 15) is 0 Å². The average molecular weight is 252 g/mol. The second-order valence-corrected chi connectivity index (χ2v) is 4.47. The highest BCUT2D eigenvalue weighted by atomic mass is 14.7. The Kier molecular flexibility index (Phi) is 4.85. The molecule has 0 saturated heterocycles. The molecule has 0 amide bonds. The Balaban J connectivity index is 2.18. The van der Waals surface area contributed by atoms with Crippen molar-refractivity contribution in [1.29, 1.82) is 0 Å². The van der Waals surface area contributed by atoms with Gasteiger partial charge in [0.2, 0.25) is 0 Å². The Hall–Kier alpha value is -1.96. The quantitative estimate of drug-likeness (QED) is 0.734. The van der Waals surface area contributed by atoms with E-state index in [1.54, 1.807) is 0 Å². The summed E-state index contributed by atoms with van der Waals surface area (Å²) in [6.07, 6.45) is 6.60. The molecule has 2 heteroatoms. The van der Waals surface area contributed by atoms with E-state index in [1.165, 1.54) is 11.1 Å². The fourth-order valence-corrected chi connectivity index (χ4v) is 2.13. The van der Waals surface area contributed by atoms with E-state index in [2.05, 4.69) is 42.0 Å². The molecule has 0 fully saturated rings. The molecule has 0 atom stereocenters. The van der Waals surface area contributed by atoms with E-state index in [1.807, 2.05) is 30.6 Å². The standard InChI is InChI=1S/C17H20N2/c1-3-14-8-7-9-15(4-2)17(14)19-13-11-16-10-5-6-12-18-16/h5-10,12-13H,3-4,11H2,1-2H3. The Morgan fingerprint density at radius 1 is 1.00 bits per heavy atom.